The molecule has 0 aliphatic carbocycles. The number of urea groups is 1. The van der Waals surface area contributed by atoms with Crippen LogP contribution in [0.4, 0.5) is 25.0 Å². The maximum atomic E-state index is 13.3. The van der Waals surface area contributed by atoms with Crippen LogP contribution in [0, 0.1) is 25.5 Å². The molecule has 4 aromatic rings. The molecule has 4 fully saturated rings. The van der Waals surface area contributed by atoms with Crippen molar-refractivity contribution in [3.63, 3.8) is 0 Å². The van der Waals surface area contributed by atoms with Crippen LogP contribution < -0.4 is 16.8 Å². The van der Waals surface area contributed by atoms with Gasteiger partial charge in [-0.25, -0.2) is 13.6 Å². The van der Waals surface area contributed by atoms with Crippen LogP contribution in [0.3, 0.4) is 0 Å². The van der Waals surface area contributed by atoms with Gasteiger partial charge in [-0.3, -0.25) is 19.4 Å². The molecule has 16 heteroatoms. The second-order valence-electron chi connectivity index (χ2n) is 17.7. The molecule has 0 aromatic heterocycles. The summed E-state index contributed by atoms with van der Waals surface area (Å²) in [5, 5.41) is 3.68. The molecule has 65 heavy (non-hydrogen) atoms. The molecule has 4 amide bonds. The van der Waals surface area contributed by atoms with Crippen LogP contribution >= 0.6 is 23.2 Å². The summed E-state index contributed by atoms with van der Waals surface area (Å²) in [5.74, 6) is -0.551. The van der Waals surface area contributed by atoms with Crippen LogP contribution in [0.25, 0.3) is 12.2 Å². The molecule has 4 heterocycles. The number of nitrogens with two attached hydrogens (primary N) is 2. The van der Waals surface area contributed by atoms with Crippen LogP contribution in [-0.4, -0.2) is 138 Å². The van der Waals surface area contributed by atoms with E-state index in [0.29, 0.717) is 53.2 Å². The van der Waals surface area contributed by atoms with E-state index < -0.39 is 6.03 Å². The summed E-state index contributed by atoms with van der Waals surface area (Å²) in [6, 6.07) is 20.5. The third-order valence-corrected chi connectivity index (χ3v) is 13.4. The highest BCUT2D eigenvalue weighted by Crippen LogP contribution is 2.29. The molecule has 4 aliphatic rings. The van der Waals surface area contributed by atoms with E-state index in [9.17, 15) is 23.2 Å². The van der Waals surface area contributed by atoms with Crippen molar-refractivity contribution in [1.82, 2.24) is 29.4 Å². The number of nitrogens with one attached hydrogen (secondary N) is 1. The van der Waals surface area contributed by atoms with Gasteiger partial charge in [0.15, 0.2) is 0 Å². The number of likely N-dealkylation sites (N-methyl/N-ethyl adjacent to an activating group) is 2. The Morgan fingerprint density at radius 1 is 0.631 bits per heavy atom. The summed E-state index contributed by atoms with van der Waals surface area (Å²) in [6.07, 6.45) is 6.59. The molecule has 0 saturated carbocycles. The van der Waals surface area contributed by atoms with Gasteiger partial charge < -0.3 is 36.4 Å². The largest absolute Gasteiger partial charge is 0.398 e. The molecule has 0 radical (unpaired) electrons. The number of amides is 4. The van der Waals surface area contributed by atoms with Gasteiger partial charge in [0.2, 0.25) is 11.8 Å². The minimum absolute atomic E-state index is 0.00649. The van der Waals surface area contributed by atoms with Crippen molar-refractivity contribution >= 4 is 64.6 Å². The number of nitrogen functional groups attached to an aromatic ring is 1. The second kappa shape index (κ2) is 20.9. The summed E-state index contributed by atoms with van der Waals surface area (Å²) in [6.45, 7) is 11.3. The van der Waals surface area contributed by atoms with E-state index in [1.165, 1.54) is 30.3 Å². The smallest absolute Gasteiger partial charge is 0.316 e. The summed E-state index contributed by atoms with van der Waals surface area (Å²) in [4.78, 5) is 50.7. The average molecular weight is 929 g/mol. The van der Waals surface area contributed by atoms with E-state index in [4.69, 9.17) is 34.7 Å². The van der Waals surface area contributed by atoms with Gasteiger partial charge in [0.05, 0.1) is 5.69 Å². The zero-order valence-electron chi connectivity index (χ0n) is 37.2. The van der Waals surface area contributed by atoms with Crippen molar-refractivity contribution in [3.05, 3.63) is 140 Å². The molecular weight excluding hydrogens is 872 g/mol. The fraction of sp³-hybridized carbons (Fsp3) is 0.367. The molecule has 4 aromatic carbocycles. The molecule has 344 valence electrons. The number of hydrogen-bond donors (Lipinski definition) is 3. The highest BCUT2D eigenvalue weighted by atomic mass is 35.5. The molecule has 12 nitrogen and oxygen atoms in total. The normalized spacial score (nSPS) is 21.7. The first-order valence-electron chi connectivity index (χ1n) is 21.7. The maximum Gasteiger partial charge on any atom is 0.316 e. The lowest BCUT2D eigenvalue weighted by Gasteiger charge is -2.52. The summed E-state index contributed by atoms with van der Waals surface area (Å²) >= 11 is 12.3. The van der Waals surface area contributed by atoms with Gasteiger partial charge >= 0.3 is 6.03 Å². The fourth-order valence-corrected chi connectivity index (χ4v) is 9.71. The quantitative estimate of drug-likeness (QED) is 0.124. The number of carbonyl (C=O) groups is 3. The molecule has 4 unspecified atom stereocenters. The van der Waals surface area contributed by atoms with Crippen molar-refractivity contribution < 1.29 is 23.2 Å². The Morgan fingerprint density at radius 3 is 1.43 bits per heavy atom. The predicted molar refractivity (Wildman–Crippen MR) is 255 cm³/mol. The first-order valence-corrected chi connectivity index (χ1v) is 22.5. The van der Waals surface area contributed by atoms with E-state index >= 15 is 0 Å². The van der Waals surface area contributed by atoms with E-state index in [1.54, 1.807) is 30.4 Å². The Balaban J connectivity index is 0.000000195. The fourth-order valence-electron chi connectivity index (χ4n) is 9.38. The minimum Gasteiger partial charge on any atom is -0.398 e. The summed E-state index contributed by atoms with van der Waals surface area (Å²) in [7, 11) is 4.22. The Morgan fingerprint density at radius 2 is 1.02 bits per heavy atom. The number of fused-ring (bicyclic) bond motifs is 4. The number of carbonyl (C=O) groups excluding carboxylic acids is 3. The van der Waals surface area contributed by atoms with E-state index in [-0.39, 0.29) is 47.6 Å². The minimum atomic E-state index is -0.699. The Hall–Kier alpha value is -5.35. The number of primary amides is 1. The van der Waals surface area contributed by atoms with Gasteiger partial charge in [-0.05, 0) is 122 Å². The highest BCUT2D eigenvalue weighted by Gasteiger charge is 2.41. The summed E-state index contributed by atoms with van der Waals surface area (Å²) < 4.78 is 26.6. The van der Waals surface area contributed by atoms with Gasteiger partial charge in [-0.2, -0.15) is 0 Å². The molecule has 4 aliphatic heterocycles. The Bertz CT molecular complexity index is 2400. The van der Waals surface area contributed by atoms with Crippen LogP contribution in [0.5, 0.6) is 0 Å². The first kappa shape index (κ1) is 47.6. The van der Waals surface area contributed by atoms with E-state index in [0.717, 1.165) is 67.1 Å². The van der Waals surface area contributed by atoms with Crippen LogP contribution in [0.1, 0.15) is 33.4 Å². The molecule has 4 bridgehead atoms. The topological polar surface area (TPSA) is 135 Å². The Kier molecular flexibility index (Phi) is 15.3. The molecular formula is C49H57Cl2F2N9O3. The molecule has 8 rings (SSSR count). The standard InChI is InChI=1S/C25H29ClFN5O2.C24H28ClFN4O/c1-16-9-18(23(10-22(16)26)29-25(28)34)5-8-24(33)31-14-20-12-30(2)13-21(15-31)32(20)11-17-3-6-19(27)7-4-17;1-16-9-18(23(27)10-22(16)25)5-8-24(31)29-14-20-12-28(2)13-21(15-29)30(20)11-17-3-6-19(26)7-4-17/h3-10,20-21H,11-15H2,1-2H3,(H3,28,29,34);3-10,20-21H,11-15,27H2,1-2H3/b2*8-5+. The average Bonchev–Trinajstić information content (AvgIpc) is 3.24. The van der Waals surface area contributed by atoms with Gasteiger partial charge in [-0.1, -0.05) is 47.5 Å². The van der Waals surface area contributed by atoms with Gasteiger partial charge in [-0.15, -0.1) is 0 Å². The van der Waals surface area contributed by atoms with Crippen molar-refractivity contribution in [2.24, 2.45) is 5.73 Å². The number of aryl methyl sites for hydroxylation is 2. The SMILES string of the molecule is Cc1cc(/C=C/C(=O)N2CC3CN(C)CC(C2)N3Cc2ccc(F)cc2)c(N)cc1Cl.Cc1cc(/C=C/C(=O)N2CC3CN(C)CC(C2)N3Cc2ccc(F)cc2)c(NC(N)=O)cc1Cl. The van der Waals surface area contributed by atoms with Gasteiger partial charge in [0.25, 0.3) is 0 Å². The van der Waals surface area contributed by atoms with E-state index in [1.807, 2.05) is 60.0 Å². The number of piperazine rings is 4. The number of hydrogen-bond acceptors (Lipinski definition) is 8. The molecule has 5 N–H and O–H groups in total. The van der Waals surface area contributed by atoms with Crippen molar-refractivity contribution in [1.29, 1.82) is 0 Å². The molecule has 4 atom stereocenters. The molecule has 4 saturated heterocycles. The van der Waals surface area contributed by atoms with Crippen LogP contribution in [0.2, 0.25) is 10.0 Å². The third-order valence-electron chi connectivity index (χ3n) is 12.6. The third kappa shape index (κ3) is 12.1. The lowest BCUT2D eigenvalue weighted by Crippen LogP contribution is -2.68. The zero-order chi connectivity index (χ0) is 46.5. The second-order valence-corrected chi connectivity index (χ2v) is 18.5. The van der Waals surface area contributed by atoms with Crippen LogP contribution in [0.15, 0.2) is 84.9 Å². The number of benzene rings is 4. The summed E-state index contributed by atoms with van der Waals surface area (Å²) in [5.41, 5.74) is 17.7. The predicted octanol–water partition coefficient (Wildman–Crippen LogP) is 6.73. The monoisotopic (exact) mass is 927 g/mol. The van der Waals surface area contributed by atoms with Gasteiger partial charge in [0, 0.05) is 117 Å². The van der Waals surface area contributed by atoms with Crippen molar-refractivity contribution in [2.75, 3.05) is 77.5 Å². The highest BCUT2D eigenvalue weighted by molar-refractivity contribution is 6.32. The maximum absolute atomic E-state index is 13.3. The zero-order valence-corrected chi connectivity index (χ0v) is 38.7. The number of rotatable bonds is 9. The number of anilines is 2. The lowest BCUT2D eigenvalue weighted by molar-refractivity contribution is -0.134. The van der Waals surface area contributed by atoms with Crippen molar-refractivity contribution in [2.45, 2.75) is 51.1 Å². The van der Waals surface area contributed by atoms with Crippen molar-refractivity contribution in [3.8, 4) is 0 Å². The first-order chi connectivity index (χ1) is 31.0. The number of halogens is 4. The molecule has 0 spiro atoms. The van der Waals surface area contributed by atoms with E-state index in [2.05, 4.69) is 39.0 Å². The lowest BCUT2D eigenvalue weighted by atomic mass is 9.99. The Labute approximate surface area is 390 Å². The van der Waals surface area contributed by atoms with Crippen LogP contribution in [-0.2, 0) is 22.7 Å². The van der Waals surface area contributed by atoms with Gasteiger partial charge in [0.1, 0.15) is 11.6 Å². The number of nitrogens with zero attached hydrogens (tertiary/aromatic N) is 6.